The Balaban J connectivity index is 2.20. The maximum Gasteiger partial charge on any atom is 0.119 e. The number of aryl methyl sites for hydroxylation is 1. The van der Waals surface area contributed by atoms with Crippen LogP contribution in [0.1, 0.15) is 35.4 Å². The Bertz CT molecular complexity index is 576. The van der Waals surface area contributed by atoms with Crippen LogP contribution in [-0.4, -0.2) is 6.10 Å². The summed E-state index contributed by atoms with van der Waals surface area (Å²) in [5.74, 6) is 0.912. The molecule has 0 fully saturated rings. The summed E-state index contributed by atoms with van der Waals surface area (Å²) in [6.45, 7) is 6.17. The van der Waals surface area contributed by atoms with Crippen LogP contribution in [0.4, 0.5) is 0 Å². The second-order valence-corrected chi connectivity index (χ2v) is 6.88. The van der Waals surface area contributed by atoms with Gasteiger partial charge in [0.2, 0.25) is 0 Å². The summed E-state index contributed by atoms with van der Waals surface area (Å²) in [5, 5.41) is 0. The molecule has 0 bridgehead atoms. The van der Waals surface area contributed by atoms with Gasteiger partial charge in [-0.2, -0.15) is 0 Å². The van der Waals surface area contributed by atoms with Gasteiger partial charge in [0, 0.05) is 4.47 Å². The number of benzene rings is 2. The number of rotatable bonds is 4. The summed E-state index contributed by atoms with van der Waals surface area (Å²) < 4.78 is 6.81. The maximum atomic E-state index is 5.67. The Labute approximate surface area is 137 Å². The number of hydrogen-bond donors (Lipinski definition) is 0. The lowest BCUT2D eigenvalue weighted by Crippen LogP contribution is -2.05. The van der Waals surface area contributed by atoms with Crippen molar-refractivity contribution in [3.63, 3.8) is 0 Å². The Kier molecular flexibility index (Phi) is 5.28. The molecular formula is C17H18Br2O. The van der Waals surface area contributed by atoms with Gasteiger partial charge in [0.25, 0.3) is 0 Å². The molecule has 106 valence electrons. The van der Waals surface area contributed by atoms with Gasteiger partial charge in [-0.1, -0.05) is 56.1 Å². The predicted octanol–water partition coefficient (Wildman–Crippen LogP) is 6.03. The van der Waals surface area contributed by atoms with Crippen LogP contribution < -0.4 is 4.74 Å². The van der Waals surface area contributed by atoms with Crippen LogP contribution in [0.2, 0.25) is 0 Å². The van der Waals surface area contributed by atoms with Gasteiger partial charge >= 0.3 is 0 Å². The highest BCUT2D eigenvalue weighted by atomic mass is 79.9. The molecule has 20 heavy (non-hydrogen) atoms. The molecule has 2 aromatic rings. The van der Waals surface area contributed by atoms with Crippen molar-refractivity contribution in [2.24, 2.45) is 0 Å². The summed E-state index contributed by atoms with van der Waals surface area (Å²) in [5.41, 5.74) is 3.72. The molecule has 2 rings (SSSR count). The van der Waals surface area contributed by atoms with E-state index in [1.165, 1.54) is 16.7 Å². The minimum atomic E-state index is 0.197. The van der Waals surface area contributed by atoms with Crippen molar-refractivity contribution < 1.29 is 4.74 Å². The molecular weight excluding hydrogens is 380 g/mol. The van der Waals surface area contributed by atoms with Crippen LogP contribution >= 0.6 is 31.9 Å². The number of ether oxygens (including phenoxy) is 1. The molecule has 2 aromatic carbocycles. The van der Waals surface area contributed by atoms with Crippen LogP contribution in [0.15, 0.2) is 46.9 Å². The Morgan fingerprint density at radius 3 is 2.10 bits per heavy atom. The highest BCUT2D eigenvalue weighted by Crippen LogP contribution is 2.33. The third-order valence-corrected chi connectivity index (χ3v) is 4.97. The van der Waals surface area contributed by atoms with Crippen molar-refractivity contribution in [3.8, 4) is 5.75 Å². The first-order chi connectivity index (χ1) is 9.47. The largest absolute Gasteiger partial charge is 0.491 e. The average molecular weight is 398 g/mol. The standard InChI is InChI=1S/C17H18Br2O/c1-11(2)20-15-7-4-13(5-8-15)17(19)14-6-9-16(18)12(3)10-14/h4-11,17H,1-3H3. The van der Waals surface area contributed by atoms with Gasteiger partial charge in [-0.15, -0.1) is 0 Å². The fraction of sp³-hybridized carbons (Fsp3) is 0.294. The van der Waals surface area contributed by atoms with Gasteiger partial charge in [0.05, 0.1) is 10.9 Å². The van der Waals surface area contributed by atoms with Crippen molar-refractivity contribution >= 4 is 31.9 Å². The summed E-state index contributed by atoms with van der Waals surface area (Å²) in [6.07, 6.45) is 0.203. The van der Waals surface area contributed by atoms with Gasteiger partial charge < -0.3 is 4.74 Å². The first-order valence-corrected chi connectivity index (χ1v) is 8.35. The lowest BCUT2D eigenvalue weighted by atomic mass is 10.0. The fourth-order valence-electron chi connectivity index (χ4n) is 2.01. The zero-order valence-electron chi connectivity index (χ0n) is 11.9. The Hall–Kier alpha value is -0.800. The highest BCUT2D eigenvalue weighted by Gasteiger charge is 2.11. The van der Waals surface area contributed by atoms with E-state index >= 15 is 0 Å². The van der Waals surface area contributed by atoms with E-state index < -0.39 is 0 Å². The van der Waals surface area contributed by atoms with Gasteiger partial charge in [-0.05, 0) is 55.7 Å². The minimum absolute atomic E-state index is 0.197. The summed E-state index contributed by atoms with van der Waals surface area (Å²) >= 11 is 7.31. The monoisotopic (exact) mass is 396 g/mol. The van der Waals surface area contributed by atoms with E-state index in [4.69, 9.17) is 4.74 Å². The molecule has 0 saturated carbocycles. The van der Waals surface area contributed by atoms with Crippen molar-refractivity contribution in [3.05, 3.63) is 63.6 Å². The maximum absolute atomic E-state index is 5.67. The van der Waals surface area contributed by atoms with Gasteiger partial charge in [-0.25, -0.2) is 0 Å². The summed E-state index contributed by atoms with van der Waals surface area (Å²) in [7, 11) is 0. The minimum Gasteiger partial charge on any atom is -0.491 e. The van der Waals surface area contributed by atoms with Crippen molar-refractivity contribution in [1.29, 1.82) is 0 Å². The van der Waals surface area contributed by atoms with E-state index in [2.05, 4.69) is 69.1 Å². The molecule has 1 nitrogen and oxygen atoms in total. The third kappa shape index (κ3) is 3.86. The first kappa shape index (κ1) is 15.6. The van der Waals surface area contributed by atoms with E-state index in [9.17, 15) is 0 Å². The van der Waals surface area contributed by atoms with Crippen LogP contribution in [0.3, 0.4) is 0 Å². The summed E-state index contributed by atoms with van der Waals surface area (Å²) in [6, 6.07) is 14.7. The van der Waals surface area contributed by atoms with Gasteiger partial charge in [0.1, 0.15) is 5.75 Å². The molecule has 0 aliphatic heterocycles. The van der Waals surface area contributed by atoms with Crippen LogP contribution in [0.5, 0.6) is 5.75 Å². The van der Waals surface area contributed by atoms with Crippen LogP contribution in [-0.2, 0) is 0 Å². The van der Waals surface area contributed by atoms with Crippen molar-refractivity contribution in [2.75, 3.05) is 0 Å². The molecule has 0 amide bonds. The van der Waals surface area contributed by atoms with Gasteiger partial charge in [-0.3, -0.25) is 0 Å². The zero-order valence-corrected chi connectivity index (χ0v) is 15.0. The second-order valence-electron chi connectivity index (χ2n) is 5.11. The van der Waals surface area contributed by atoms with E-state index in [-0.39, 0.29) is 10.9 Å². The van der Waals surface area contributed by atoms with E-state index in [1.807, 2.05) is 26.0 Å². The quantitative estimate of drug-likeness (QED) is 0.572. The molecule has 3 heteroatoms. The molecule has 0 heterocycles. The third-order valence-electron chi connectivity index (χ3n) is 3.02. The Morgan fingerprint density at radius 1 is 0.950 bits per heavy atom. The molecule has 0 saturated heterocycles. The number of halogens is 2. The SMILES string of the molecule is Cc1cc(C(Br)c2ccc(OC(C)C)cc2)ccc1Br. The normalized spacial score (nSPS) is 12.5. The van der Waals surface area contributed by atoms with E-state index in [1.54, 1.807) is 0 Å². The molecule has 0 radical (unpaired) electrons. The highest BCUT2D eigenvalue weighted by molar-refractivity contribution is 9.10. The summed E-state index contributed by atoms with van der Waals surface area (Å²) in [4.78, 5) is 0.197. The average Bonchev–Trinajstić information content (AvgIpc) is 2.41. The number of alkyl halides is 1. The molecule has 0 aromatic heterocycles. The van der Waals surface area contributed by atoms with Crippen LogP contribution in [0, 0.1) is 6.92 Å². The molecule has 0 N–H and O–H groups in total. The van der Waals surface area contributed by atoms with E-state index in [0.717, 1.165) is 10.2 Å². The predicted molar refractivity (Wildman–Crippen MR) is 91.9 cm³/mol. The zero-order chi connectivity index (χ0) is 14.7. The molecule has 0 spiro atoms. The van der Waals surface area contributed by atoms with Crippen molar-refractivity contribution in [2.45, 2.75) is 31.7 Å². The molecule has 0 aliphatic rings. The molecule has 1 atom stereocenters. The smallest absolute Gasteiger partial charge is 0.119 e. The Morgan fingerprint density at radius 2 is 1.55 bits per heavy atom. The number of hydrogen-bond acceptors (Lipinski definition) is 1. The van der Waals surface area contributed by atoms with E-state index in [0.29, 0.717) is 0 Å². The molecule has 0 aliphatic carbocycles. The topological polar surface area (TPSA) is 9.23 Å². The molecule has 1 unspecified atom stereocenters. The lowest BCUT2D eigenvalue weighted by Gasteiger charge is -2.14. The fourth-order valence-corrected chi connectivity index (χ4v) is 2.84. The van der Waals surface area contributed by atoms with Crippen molar-refractivity contribution in [1.82, 2.24) is 0 Å². The van der Waals surface area contributed by atoms with Crippen LogP contribution in [0.25, 0.3) is 0 Å². The second kappa shape index (κ2) is 6.77. The lowest BCUT2D eigenvalue weighted by molar-refractivity contribution is 0.242. The first-order valence-electron chi connectivity index (χ1n) is 6.64. The van der Waals surface area contributed by atoms with Gasteiger partial charge in [0.15, 0.2) is 0 Å².